The van der Waals surface area contributed by atoms with Crippen LogP contribution in [-0.4, -0.2) is 34.1 Å². The maximum absolute atomic E-state index is 10.7. The predicted molar refractivity (Wildman–Crippen MR) is 105 cm³/mol. The quantitative estimate of drug-likeness (QED) is 0.690. The van der Waals surface area contributed by atoms with Gasteiger partial charge in [0, 0.05) is 30.1 Å². The highest BCUT2D eigenvalue weighted by atomic mass is 16.5. The van der Waals surface area contributed by atoms with E-state index in [2.05, 4.69) is 22.1 Å². The van der Waals surface area contributed by atoms with E-state index >= 15 is 0 Å². The molecular weight excluding hydrogens is 356 g/mol. The Labute approximate surface area is 163 Å². The third-order valence-electron chi connectivity index (χ3n) is 4.83. The van der Waals surface area contributed by atoms with Crippen LogP contribution in [0.4, 0.5) is 5.69 Å². The summed E-state index contributed by atoms with van der Waals surface area (Å²) in [7, 11) is 3.14. The average Bonchev–Trinajstić information content (AvgIpc) is 3.31. The minimum atomic E-state index is -0.726. The molecule has 0 bridgehead atoms. The topological polar surface area (TPSA) is 72.6 Å². The van der Waals surface area contributed by atoms with Gasteiger partial charge in [0.15, 0.2) is 12.0 Å². The van der Waals surface area contributed by atoms with E-state index in [0.29, 0.717) is 24.7 Å². The van der Waals surface area contributed by atoms with Gasteiger partial charge in [-0.1, -0.05) is 18.1 Å². The summed E-state index contributed by atoms with van der Waals surface area (Å²) < 4.78 is 12.2. The van der Waals surface area contributed by atoms with E-state index < -0.39 is 6.23 Å². The summed E-state index contributed by atoms with van der Waals surface area (Å²) in [6.07, 6.45) is 9.91. The minimum Gasteiger partial charge on any atom is -0.491 e. The second kappa shape index (κ2) is 7.25. The molecule has 0 spiro atoms. The van der Waals surface area contributed by atoms with Crippen molar-refractivity contribution in [3.63, 3.8) is 0 Å². The van der Waals surface area contributed by atoms with Crippen molar-refractivity contribution < 1.29 is 14.6 Å². The molecule has 0 aliphatic carbocycles. The Bertz CT molecular complexity index is 1050. The smallest absolute Gasteiger partial charge is 0.256 e. The molecule has 1 unspecified atom stereocenters. The molecule has 1 N–H and O–H groups in total. The van der Waals surface area contributed by atoms with Crippen molar-refractivity contribution in [2.45, 2.75) is 19.3 Å². The Morgan fingerprint density at radius 3 is 2.82 bits per heavy atom. The van der Waals surface area contributed by atoms with Gasteiger partial charge in [-0.15, -0.1) is 6.42 Å². The summed E-state index contributed by atoms with van der Waals surface area (Å²) in [4.78, 5) is 6.19. The Morgan fingerprint density at radius 1 is 1.21 bits per heavy atom. The zero-order chi connectivity index (χ0) is 19.7. The lowest BCUT2D eigenvalue weighted by Crippen LogP contribution is -2.20. The number of aliphatic hydroxyl groups excluding tert-OH is 1. The minimum absolute atomic E-state index is 0.396. The van der Waals surface area contributed by atoms with Crippen LogP contribution >= 0.6 is 0 Å². The van der Waals surface area contributed by atoms with E-state index in [1.807, 2.05) is 29.3 Å². The first-order valence-electron chi connectivity index (χ1n) is 8.76. The molecule has 0 amide bonds. The first-order chi connectivity index (χ1) is 13.6. The summed E-state index contributed by atoms with van der Waals surface area (Å²) in [5.74, 6) is 3.57. The molecule has 0 saturated heterocycles. The van der Waals surface area contributed by atoms with E-state index in [1.165, 1.54) is 0 Å². The Morgan fingerprint density at radius 2 is 2.07 bits per heavy atom. The molecule has 1 atom stereocenters. The summed E-state index contributed by atoms with van der Waals surface area (Å²) in [6, 6.07) is 7.86. The second-order valence-corrected chi connectivity index (χ2v) is 6.45. The fraction of sp³-hybridized carbons (Fsp3) is 0.238. The summed E-state index contributed by atoms with van der Waals surface area (Å²) >= 11 is 0. The number of aromatic nitrogens is 3. The number of hydrogen-bond acceptors (Lipinski definition) is 6. The number of hydrogen-bond donors (Lipinski definition) is 1. The number of pyridine rings is 1. The standard InChI is InChI=1S/C21H20N4O3/c1-4-7-24-13-17(11-23-24)25-12-16-8-14(5-6-18(16)21(25)26)15-9-19(27-2)20(28-3)22-10-15/h1,5-6,8-11,13,21,26H,7,12H2,2-3H3. The molecule has 3 aromatic rings. The number of anilines is 1. The number of terminal acetylenes is 1. The van der Waals surface area contributed by atoms with Crippen molar-refractivity contribution in [1.29, 1.82) is 0 Å². The molecule has 4 rings (SSSR count). The average molecular weight is 376 g/mol. The van der Waals surface area contributed by atoms with Gasteiger partial charge >= 0.3 is 0 Å². The third-order valence-corrected chi connectivity index (χ3v) is 4.83. The monoisotopic (exact) mass is 376 g/mol. The summed E-state index contributed by atoms with van der Waals surface area (Å²) in [5.41, 5.74) is 4.65. The number of benzene rings is 1. The number of ether oxygens (including phenoxy) is 2. The fourth-order valence-corrected chi connectivity index (χ4v) is 3.41. The highest BCUT2D eigenvalue weighted by Gasteiger charge is 2.29. The van der Waals surface area contributed by atoms with Gasteiger partial charge in [0.05, 0.1) is 26.1 Å². The highest BCUT2D eigenvalue weighted by molar-refractivity contribution is 5.68. The van der Waals surface area contributed by atoms with Gasteiger partial charge in [0.2, 0.25) is 0 Å². The van der Waals surface area contributed by atoms with E-state index in [4.69, 9.17) is 15.9 Å². The van der Waals surface area contributed by atoms with Crippen LogP contribution < -0.4 is 14.4 Å². The molecule has 0 radical (unpaired) electrons. The third kappa shape index (κ3) is 3.04. The lowest BCUT2D eigenvalue weighted by atomic mass is 10.0. The molecule has 28 heavy (non-hydrogen) atoms. The van der Waals surface area contributed by atoms with Crippen LogP contribution in [0.3, 0.4) is 0 Å². The second-order valence-electron chi connectivity index (χ2n) is 6.45. The van der Waals surface area contributed by atoms with Crippen LogP contribution in [0.25, 0.3) is 11.1 Å². The SMILES string of the molecule is C#CCn1cc(N2Cc3cc(-c4cnc(OC)c(OC)c4)ccc3C2O)cn1. The molecular formula is C21H20N4O3. The molecule has 7 heteroatoms. The van der Waals surface area contributed by atoms with Crippen molar-refractivity contribution >= 4 is 5.69 Å². The van der Waals surface area contributed by atoms with Crippen LogP contribution in [0.1, 0.15) is 17.4 Å². The Kier molecular flexibility index (Phi) is 4.63. The number of nitrogens with zero attached hydrogens (tertiary/aromatic N) is 4. The van der Waals surface area contributed by atoms with Gasteiger partial charge < -0.3 is 19.5 Å². The van der Waals surface area contributed by atoms with Gasteiger partial charge in [-0.25, -0.2) is 4.98 Å². The van der Waals surface area contributed by atoms with E-state index in [0.717, 1.165) is 27.9 Å². The predicted octanol–water partition coefficient (Wildman–Crippen LogP) is 2.61. The molecule has 0 saturated carbocycles. The van der Waals surface area contributed by atoms with E-state index in [1.54, 1.807) is 31.3 Å². The molecule has 2 aromatic heterocycles. The summed E-state index contributed by atoms with van der Waals surface area (Å²) in [6.45, 7) is 0.972. The van der Waals surface area contributed by atoms with Crippen molar-refractivity contribution in [3.05, 3.63) is 54.0 Å². The Balaban J connectivity index is 1.63. The van der Waals surface area contributed by atoms with Gasteiger partial charge in [-0.05, 0) is 23.3 Å². The largest absolute Gasteiger partial charge is 0.491 e. The molecule has 1 aromatic carbocycles. The maximum Gasteiger partial charge on any atom is 0.256 e. The van der Waals surface area contributed by atoms with Gasteiger partial charge in [0.25, 0.3) is 5.88 Å². The van der Waals surface area contributed by atoms with Gasteiger partial charge in [-0.2, -0.15) is 5.10 Å². The van der Waals surface area contributed by atoms with Crippen molar-refractivity contribution in [2.75, 3.05) is 19.1 Å². The fourth-order valence-electron chi connectivity index (χ4n) is 3.41. The molecule has 142 valence electrons. The normalized spacial score (nSPS) is 15.2. The van der Waals surface area contributed by atoms with Crippen molar-refractivity contribution in [3.8, 4) is 35.1 Å². The van der Waals surface area contributed by atoms with Crippen LogP contribution in [0.5, 0.6) is 11.6 Å². The zero-order valence-electron chi connectivity index (χ0n) is 15.7. The maximum atomic E-state index is 10.7. The number of methoxy groups -OCH3 is 2. The lowest BCUT2D eigenvalue weighted by molar-refractivity contribution is 0.181. The first-order valence-corrected chi connectivity index (χ1v) is 8.76. The molecule has 7 nitrogen and oxygen atoms in total. The number of rotatable bonds is 5. The number of aliphatic hydroxyl groups is 1. The highest BCUT2D eigenvalue weighted by Crippen LogP contribution is 2.38. The van der Waals surface area contributed by atoms with E-state index in [9.17, 15) is 5.11 Å². The first kappa shape index (κ1) is 17.9. The van der Waals surface area contributed by atoms with Crippen LogP contribution in [0.2, 0.25) is 0 Å². The van der Waals surface area contributed by atoms with Crippen molar-refractivity contribution in [2.24, 2.45) is 0 Å². The van der Waals surface area contributed by atoms with Crippen LogP contribution in [0.15, 0.2) is 42.9 Å². The molecule has 3 heterocycles. The van der Waals surface area contributed by atoms with Crippen LogP contribution in [0, 0.1) is 12.3 Å². The number of fused-ring (bicyclic) bond motifs is 1. The van der Waals surface area contributed by atoms with Crippen LogP contribution in [-0.2, 0) is 13.1 Å². The Hall–Kier alpha value is -3.50. The molecule has 0 fully saturated rings. The van der Waals surface area contributed by atoms with Gasteiger partial charge in [-0.3, -0.25) is 4.68 Å². The van der Waals surface area contributed by atoms with Crippen molar-refractivity contribution in [1.82, 2.24) is 14.8 Å². The summed E-state index contributed by atoms with van der Waals surface area (Å²) in [5, 5.41) is 15.0. The zero-order valence-corrected chi connectivity index (χ0v) is 15.7. The lowest BCUT2D eigenvalue weighted by Gasteiger charge is -2.20. The van der Waals surface area contributed by atoms with Gasteiger partial charge in [0.1, 0.15) is 6.54 Å². The molecule has 1 aliphatic rings. The molecule has 1 aliphatic heterocycles. The van der Waals surface area contributed by atoms with E-state index in [-0.39, 0.29) is 0 Å².